The summed E-state index contributed by atoms with van der Waals surface area (Å²) in [5.41, 5.74) is -0.523. The Bertz CT molecular complexity index is 762. The highest BCUT2D eigenvalue weighted by Gasteiger charge is 2.25. The second-order valence-corrected chi connectivity index (χ2v) is 5.58. The van der Waals surface area contributed by atoms with Crippen molar-refractivity contribution in [3.05, 3.63) is 32.8 Å². The molecule has 0 radical (unpaired) electrons. The molecule has 0 bridgehead atoms. The van der Waals surface area contributed by atoms with E-state index < -0.39 is 10.8 Å². The number of benzene rings is 1. The Labute approximate surface area is 141 Å². The van der Waals surface area contributed by atoms with Gasteiger partial charge in [-0.25, -0.2) is 0 Å². The minimum absolute atomic E-state index is 0.145. The number of hydrogen-bond acceptors (Lipinski definition) is 8. The van der Waals surface area contributed by atoms with Crippen molar-refractivity contribution in [3.63, 3.8) is 0 Å². The van der Waals surface area contributed by atoms with Gasteiger partial charge in [0.15, 0.2) is 11.5 Å². The van der Waals surface area contributed by atoms with Crippen LogP contribution in [-0.2, 0) is 6.42 Å². The zero-order valence-corrected chi connectivity index (χ0v) is 14.2. The molecule has 10 heteroatoms. The summed E-state index contributed by atoms with van der Waals surface area (Å²) in [7, 11) is 1.39. The average Bonchev–Trinajstić information content (AvgIpc) is 3.02. The minimum Gasteiger partial charge on any atom is -0.493 e. The molecule has 1 heterocycles. The first-order valence-corrected chi connectivity index (χ1v) is 7.94. The highest BCUT2D eigenvalue weighted by atomic mass is 32.1. The number of aryl methyl sites for hydroxylation is 1. The molecule has 0 unspecified atom stereocenters. The number of hydrogen-bond donors (Lipinski definition) is 1. The fraction of sp³-hybridized carbons (Fsp3) is 0.357. The summed E-state index contributed by atoms with van der Waals surface area (Å²) in [6.07, 6.45) is 0.685. The maximum absolute atomic E-state index is 12.4. The molecule has 0 aliphatic heterocycles. The molecule has 24 heavy (non-hydrogen) atoms. The lowest BCUT2D eigenvalue weighted by Crippen LogP contribution is -2.14. The van der Waals surface area contributed by atoms with Crippen LogP contribution in [0.25, 0.3) is 0 Å². The molecule has 0 atom stereocenters. The van der Waals surface area contributed by atoms with Gasteiger partial charge in [0.25, 0.3) is 11.6 Å². The number of amides is 1. The van der Waals surface area contributed by atoms with Gasteiger partial charge in [-0.05, 0) is 13.3 Å². The average molecular weight is 352 g/mol. The van der Waals surface area contributed by atoms with Gasteiger partial charge in [-0.3, -0.25) is 20.2 Å². The third-order valence-electron chi connectivity index (χ3n) is 3.01. The summed E-state index contributed by atoms with van der Waals surface area (Å²) in [6.45, 7) is 3.96. The Balaban J connectivity index is 2.39. The highest BCUT2D eigenvalue weighted by Crippen LogP contribution is 2.35. The summed E-state index contributed by atoms with van der Waals surface area (Å²) in [6, 6.07) is 2.45. The van der Waals surface area contributed by atoms with E-state index in [4.69, 9.17) is 9.47 Å². The summed E-state index contributed by atoms with van der Waals surface area (Å²) in [4.78, 5) is 23.0. The van der Waals surface area contributed by atoms with Crippen molar-refractivity contribution in [1.29, 1.82) is 0 Å². The zero-order valence-electron chi connectivity index (χ0n) is 13.4. The number of aromatic nitrogens is 2. The molecule has 2 aromatic rings. The van der Waals surface area contributed by atoms with Crippen molar-refractivity contribution in [3.8, 4) is 11.5 Å². The third kappa shape index (κ3) is 3.77. The van der Waals surface area contributed by atoms with E-state index in [0.29, 0.717) is 13.0 Å². The van der Waals surface area contributed by atoms with E-state index >= 15 is 0 Å². The second-order valence-electron chi connectivity index (χ2n) is 4.52. The Kier molecular flexibility index (Phi) is 5.64. The first-order chi connectivity index (χ1) is 11.5. The number of nitro groups is 1. The topological polar surface area (TPSA) is 116 Å². The van der Waals surface area contributed by atoms with Gasteiger partial charge in [0.2, 0.25) is 5.13 Å². The molecule has 128 valence electrons. The van der Waals surface area contributed by atoms with Gasteiger partial charge in [-0.1, -0.05) is 18.3 Å². The van der Waals surface area contributed by atoms with Crippen LogP contribution < -0.4 is 14.8 Å². The standard InChI is InChI=1S/C14H16N4O5S/c1-4-12-16-17-14(24-12)15-13(19)8-6-10(22-3)11(23-5-2)7-9(8)18(20)21/h6-7H,4-5H2,1-3H3,(H,15,17,19). The lowest BCUT2D eigenvalue weighted by atomic mass is 10.1. The molecule has 0 aliphatic rings. The van der Waals surface area contributed by atoms with E-state index in [2.05, 4.69) is 15.5 Å². The number of carbonyl (C=O) groups is 1. The van der Waals surface area contributed by atoms with Gasteiger partial charge in [0.1, 0.15) is 10.6 Å². The van der Waals surface area contributed by atoms with Crippen LogP contribution in [0.5, 0.6) is 11.5 Å². The smallest absolute Gasteiger partial charge is 0.286 e. The molecule has 0 fully saturated rings. The molecule has 0 saturated carbocycles. The second kappa shape index (κ2) is 7.68. The minimum atomic E-state index is -0.665. The summed E-state index contributed by atoms with van der Waals surface area (Å²) in [5, 5.41) is 22.5. The predicted octanol–water partition coefficient (Wildman–Crippen LogP) is 2.67. The van der Waals surface area contributed by atoms with Gasteiger partial charge >= 0.3 is 0 Å². The molecule has 2 rings (SSSR count). The molecular weight excluding hydrogens is 336 g/mol. The van der Waals surface area contributed by atoms with Crippen LogP contribution >= 0.6 is 11.3 Å². The summed E-state index contributed by atoms with van der Waals surface area (Å²) in [5.74, 6) is -0.228. The van der Waals surface area contributed by atoms with Crippen molar-refractivity contribution in [1.82, 2.24) is 10.2 Å². The van der Waals surface area contributed by atoms with Crippen LogP contribution in [-0.4, -0.2) is 34.7 Å². The van der Waals surface area contributed by atoms with E-state index in [1.807, 2.05) is 6.92 Å². The lowest BCUT2D eigenvalue weighted by molar-refractivity contribution is -0.385. The zero-order chi connectivity index (χ0) is 17.7. The van der Waals surface area contributed by atoms with Gasteiger partial charge in [-0.2, -0.15) is 0 Å². The van der Waals surface area contributed by atoms with Crippen LogP contribution in [0.4, 0.5) is 10.8 Å². The molecule has 0 spiro atoms. The number of anilines is 1. The number of ether oxygens (including phenoxy) is 2. The Morgan fingerprint density at radius 2 is 2.08 bits per heavy atom. The summed E-state index contributed by atoms with van der Waals surface area (Å²) >= 11 is 1.21. The fourth-order valence-electron chi connectivity index (χ4n) is 1.92. The number of rotatable bonds is 7. The van der Waals surface area contributed by atoms with E-state index in [1.165, 1.54) is 30.6 Å². The SMILES string of the molecule is CCOc1cc([N+](=O)[O-])c(C(=O)Nc2nnc(CC)s2)cc1OC. The molecule has 9 nitrogen and oxygen atoms in total. The van der Waals surface area contributed by atoms with E-state index in [1.54, 1.807) is 6.92 Å². The molecule has 1 aromatic carbocycles. The van der Waals surface area contributed by atoms with E-state index in [0.717, 1.165) is 5.01 Å². The van der Waals surface area contributed by atoms with E-state index in [9.17, 15) is 14.9 Å². The van der Waals surface area contributed by atoms with Crippen LogP contribution in [0, 0.1) is 10.1 Å². The molecular formula is C14H16N4O5S. The predicted molar refractivity (Wildman–Crippen MR) is 88.1 cm³/mol. The van der Waals surface area contributed by atoms with Crippen molar-refractivity contribution in [2.45, 2.75) is 20.3 Å². The van der Waals surface area contributed by atoms with Crippen molar-refractivity contribution < 1.29 is 19.2 Å². The highest BCUT2D eigenvalue weighted by molar-refractivity contribution is 7.15. The van der Waals surface area contributed by atoms with Crippen molar-refractivity contribution >= 4 is 28.1 Å². The Morgan fingerprint density at radius 3 is 2.62 bits per heavy atom. The van der Waals surface area contributed by atoms with Crippen LogP contribution in [0.1, 0.15) is 29.2 Å². The number of methoxy groups -OCH3 is 1. The van der Waals surface area contributed by atoms with Gasteiger partial charge < -0.3 is 9.47 Å². The van der Waals surface area contributed by atoms with Gasteiger partial charge in [-0.15, -0.1) is 10.2 Å². The van der Waals surface area contributed by atoms with Crippen molar-refractivity contribution in [2.24, 2.45) is 0 Å². The van der Waals surface area contributed by atoms with Gasteiger partial charge in [0, 0.05) is 6.07 Å². The summed E-state index contributed by atoms with van der Waals surface area (Å²) < 4.78 is 10.5. The lowest BCUT2D eigenvalue weighted by Gasteiger charge is -2.11. The Hall–Kier alpha value is -2.75. The number of nitro benzene ring substituents is 1. The largest absolute Gasteiger partial charge is 0.493 e. The molecule has 0 saturated heterocycles. The molecule has 0 aliphatic carbocycles. The van der Waals surface area contributed by atoms with Crippen molar-refractivity contribution in [2.75, 3.05) is 19.0 Å². The Morgan fingerprint density at radius 1 is 1.33 bits per heavy atom. The van der Waals surface area contributed by atoms with Crippen LogP contribution in [0.3, 0.4) is 0 Å². The number of nitrogens with zero attached hydrogens (tertiary/aromatic N) is 3. The van der Waals surface area contributed by atoms with Crippen LogP contribution in [0.15, 0.2) is 12.1 Å². The third-order valence-corrected chi connectivity index (χ3v) is 4.00. The van der Waals surface area contributed by atoms with Crippen LogP contribution in [0.2, 0.25) is 0 Å². The maximum Gasteiger partial charge on any atom is 0.286 e. The van der Waals surface area contributed by atoms with Gasteiger partial charge in [0.05, 0.1) is 24.7 Å². The number of carbonyl (C=O) groups excluding carboxylic acids is 1. The molecule has 1 amide bonds. The molecule has 1 N–H and O–H groups in total. The molecule has 1 aromatic heterocycles. The normalized spacial score (nSPS) is 10.3. The first-order valence-electron chi connectivity index (χ1n) is 7.13. The monoisotopic (exact) mass is 352 g/mol. The van der Waals surface area contributed by atoms with E-state index in [-0.39, 0.29) is 27.9 Å². The number of nitrogens with one attached hydrogen (secondary N) is 1. The first kappa shape index (κ1) is 17.6. The maximum atomic E-state index is 12.4. The quantitative estimate of drug-likeness (QED) is 0.601. The fourth-order valence-corrected chi connectivity index (χ4v) is 2.60.